The minimum absolute atomic E-state index is 0.0143. The van der Waals surface area contributed by atoms with Gasteiger partial charge in [-0.2, -0.15) is 0 Å². The van der Waals surface area contributed by atoms with E-state index in [1.54, 1.807) is 7.05 Å². The fraction of sp³-hybridized carbons (Fsp3) is 0.875. The lowest BCUT2D eigenvalue weighted by Crippen LogP contribution is -2.44. The Kier molecular flexibility index (Phi) is 10.5. The Labute approximate surface area is 134 Å². The molecule has 1 fully saturated rings. The van der Waals surface area contributed by atoms with Gasteiger partial charge in [0.15, 0.2) is 5.96 Å². The highest BCUT2D eigenvalue weighted by atomic mass is 16.5. The van der Waals surface area contributed by atoms with E-state index >= 15 is 0 Å². The predicted molar refractivity (Wildman–Crippen MR) is 90.1 cm³/mol. The third-order valence-electron chi connectivity index (χ3n) is 3.76. The van der Waals surface area contributed by atoms with E-state index in [2.05, 4.69) is 20.9 Å². The van der Waals surface area contributed by atoms with Crippen molar-refractivity contribution in [3.63, 3.8) is 0 Å². The Bertz CT molecular complexity index is 326. The summed E-state index contributed by atoms with van der Waals surface area (Å²) in [7, 11) is 1.70. The Morgan fingerprint density at radius 3 is 2.45 bits per heavy atom. The molecule has 1 saturated carbocycles. The number of hydrogen-bond donors (Lipinski definition) is 3. The third-order valence-corrected chi connectivity index (χ3v) is 3.76. The van der Waals surface area contributed by atoms with Crippen molar-refractivity contribution in [1.82, 2.24) is 16.0 Å². The number of amides is 1. The van der Waals surface area contributed by atoms with Crippen molar-refractivity contribution >= 4 is 11.9 Å². The van der Waals surface area contributed by atoms with Crippen molar-refractivity contribution in [3.05, 3.63) is 0 Å². The molecular formula is C16H32N4O2. The zero-order valence-electron chi connectivity index (χ0n) is 14.1. The number of aliphatic imine (C=N–C) groups is 1. The van der Waals surface area contributed by atoms with Crippen LogP contribution in [0.15, 0.2) is 4.99 Å². The molecule has 1 aliphatic rings. The summed E-state index contributed by atoms with van der Waals surface area (Å²) in [5, 5.41) is 8.99. The molecule has 0 aromatic rings. The summed E-state index contributed by atoms with van der Waals surface area (Å²) in [5.74, 6) is 0.621. The van der Waals surface area contributed by atoms with E-state index in [9.17, 15) is 4.79 Å². The lowest BCUT2D eigenvalue weighted by molar-refractivity contribution is -0.120. The molecule has 0 atom stereocenters. The van der Waals surface area contributed by atoms with E-state index in [1.807, 2.05) is 6.92 Å². The van der Waals surface area contributed by atoms with Crippen molar-refractivity contribution < 1.29 is 9.53 Å². The first-order chi connectivity index (χ1) is 10.8. The second-order valence-electron chi connectivity index (χ2n) is 5.69. The summed E-state index contributed by atoms with van der Waals surface area (Å²) in [6.45, 7) is 4.35. The number of hydrogen-bond acceptors (Lipinski definition) is 3. The Morgan fingerprint density at radius 1 is 1.09 bits per heavy atom. The maximum Gasteiger partial charge on any atom is 0.239 e. The number of rotatable bonds is 8. The average Bonchev–Trinajstić information content (AvgIpc) is 2.81. The fourth-order valence-electron chi connectivity index (χ4n) is 2.52. The van der Waals surface area contributed by atoms with Crippen molar-refractivity contribution in [2.75, 3.05) is 33.3 Å². The lowest BCUT2D eigenvalue weighted by Gasteiger charge is -2.16. The van der Waals surface area contributed by atoms with Crippen LogP contribution in [-0.2, 0) is 9.53 Å². The highest BCUT2D eigenvalue weighted by Crippen LogP contribution is 2.19. The van der Waals surface area contributed by atoms with Gasteiger partial charge < -0.3 is 20.7 Å². The molecule has 0 saturated heterocycles. The van der Waals surface area contributed by atoms with E-state index in [-0.39, 0.29) is 12.5 Å². The SMILES string of the molecule is CCCNC(=O)CNC(=NC)NCCOC1CCCCCC1. The van der Waals surface area contributed by atoms with Gasteiger partial charge in [-0.15, -0.1) is 0 Å². The van der Waals surface area contributed by atoms with Gasteiger partial charge in [-0.3, -0.25) is 9.79 Å². The topological polar surface area (TPSA) is 74.8 Å². The molecule has 6 nitrogen and oxygen atoms in total. The highest BCUT2D eigenvalue weighted by Gasteiger charge is 2.12. The molecule has 1 amide bonds. The van der Waals surface area contributed by atoms with Crippen LogP contribution in [-0.4, -0.2) is 51.3 Å². The Hall–Kier alpha value is -1.30. The molecular weight excluding hydrogens is 280 g/mol. The summed E-state index contributed by atoms with van der Waals surface area (Å²) >= 11 is 0. The molecule has 0 radical (unpaired) electrons. The molecule has 0 unspecified atom stereocenters. The average molecular weight is 312 g/mol. The number of ether oxygens (including phenoxy) is 1. The van der Waals surface area contributed by atoms with Gasteiger partial charge >= 0.3 is 0 Å². The monoisotopic (exact) mass is 312 g/mol. The first-order valence-corrected chi connectivity index (χ1v) is 8.59. The van der Waals surface area contributed by atoms with E-state index in [0.29, 0.717) is 31.8 Å². The van der Waals surface area contributed by atoms with Gasteiger partial charge in [0, 0.05) is 20.1 Å². The van der Waals surface area contributed by atoms with Crippen molar-refractivity contribution in [1.29, 1.82) is 0 Å². The van der Waals surface area contributed by atoms with Crippen LogP contribution >= 0.6 is 0 Å². The molecule has 3 N–H and O–H groups in total. The standard InChI is InChI=1S/C16H32N4O2/c1-3-10-18-15(21)13-20-16(17-2)19-11-12-22-14-8-6-4-5-7-9-14/h14H,3-13H2,1-2H3,(H,18,21)(H2,17,19,20). The minimum atomic E-state index is -0.0143. The molecule has 1 aliphatic carbocycles. The van der Waals surface area contributed by atoms with Gasteiger partial charge in [-0.25, -0.2) is 0 Å². The minimum Gasteiger partial charge on any atom is -0.376 e. The molecule has 0 heterocycles. The summed E-state index contributed by atoms with van der Waals surface area (Å²) < 4.78 is 5.91. The second-order valence-corrected chi connectivity index (χ2v) is 5.69. The maximum absolute atomic E-state index is 11.5. The summed E-state index contributed by atoms with van der Waals surface area (Å²) in [5.41, 5.74) is 0. The van der Waals surface area contributed by atoms with E-state index in [4.69, 9.17) is 4.74 Å². The first kappa shape index (κ1) is 18.7. The summed E-state index contributed by atoms with van der Waals surface area (Å²) in [6.07, 6.45) is 8.98. The molecule has 0 aromatic heterocycles. The molecule has 6 heteroatoms. The van der Waals surface area contributed by atoms with Crippen molar-refractivity contribution in [3.8, 4) is 0 Å². The van der Waals surface area contributed by atoms with Gasteiger partial charge in [0.1, 0.15) is 0 Å². The fourth-order valence-corrected chi connectivity index (χ4v) is 2.52. The van der Waals surface area contributed by atoms with Gasteiger partial charge in [-0.05, 0) is 19.3 Å². The number of nitrogens with one attached hydrogen (secondary N) is 3. The van der Waals surface area contributed by atoms with Crippen LogP contribution in [0.25, 0.3) is 0 Å². The molecule has 22 heavy (non-hydrogen) atoms. The van der Waals surface area contributed by atoms with Gasteiger partial charge in [0.2, 0.25) is 5.91 Å². The zero-order chi connectivity index (χ0) is 16.0. The zero-order valence-corrected chi connectivity index (χ0v) is 14.1. The smallest absolute Gasteiger partial charge is 0.239 e. The van der Waals surface area contributed by atoms with Crippen LogP contribution in [0.3, 0.4) is 0 Å². The van der Waals surface area contributed by atoms with Crippen LogP contribution in [0.4, 0.5) is 0 Å². The Balaban J connectivity index is 2.09. The van der Waals surface area contributed by atoms with Crippen molar-refractivity contribution in [2.45, 2.75) is 58.0 Å². The quantitative estimate of drug-likeness (QED) is 0.274. The number of carbonyl (C=O) groups excluding carboxylic acids is 1. The largest absolute Gasteiger partial charge is 0.376 e. The predicted octanol–water partition coefficient (Wildman–Crippen LogP) is 1.42. The molecule has 128 valence electrons. The first-order valence-electron chi connectivity index (χ1n) is 8.59. The summed E-state index contributed by atoms with van der Waals surface area (Å²) in [6, 6.07) is 0. The van der Waals surface area contributed by atoms with Gasteiger partial charge in [0.25, 0.3) is 0 Å². The van der Waals surface area contributed by atoms with Crippen LogP contribution in [0.1, 0.15) is 51.9 Å². The molecule has 0 spiro atoms. The normalized spacial score (nSPS) is 16.9. The third kappa shape index (κ3) is 8.87. The Morgan fingerprint density at radius 2 is 1.82 bits per heavy atom. The van der Waals surface area contributed by atoms with Crippen LogP contribution < -0.4 is 16.0 Å². The number of carbonyl (C=O) groups is 1. The van der Waals surface area contributed by atoms with Crippen LogP contribution in [0.5, 0.6) is 0 Å². The lowest BCUT2D eigenvalue weighted by atomic mass is 10.1. The number of guanidine groups is 1. The molecule has 0 bridgehead atoms. The van der Waals surface area contributed by atoms with E-state index in [1.165, 1.54) is 38.5 Å². The molecule has 1 rings (SSSR count). The van der Waals surface area contributed by atoms with Gasteiger partial charge in [0.05, 0.1) is 19.3 Å². The highest BCUT2D eigenvalue weighted by molar-refractivity contribution is 5.86. The summed E-state index contributed by atoms with van der Waals surface area (Å²) in [4.78, 5) is 15.6. The van der Waals surface area contributed by atoms with Crippen LogP contribution in [0.2, 0.25) is 0 Å². The van der Waals surface area contributed by atoms with Gasteiger partial charge in [-0.1, -0.05) is 32.6 Å². The number of nitrogens with zero attached hydrogens (tertiary/aromatic N) is 1. The molecule has 0 aromatic carbocycles. The van der Waals surface area contributed by atoms with Crippen LogP contribution in [0, 0.1) is 0 Å². The van der Waals surface area contributed by atoms with E-state index in [0.717, 1.165) is 6.42 Å². The second kappa shape index (κ2) is 12.3. The van der Waals surface area contributed by atoms with E-state index < -0.39 is 0 Å². The van der Waals surface area contributed by atoms with Crippen molar-refractivity contribution in [2.24, 2.45) is 4.99 Å². The molecule has 0 aliphatic heterocycles. The maximum atomic E-state index is 11.5.